The van der Waals surface area contributed by atoms with Crippen molar-refractivity contribution in [2.24, 2.45) is 5.92 Å². The molecule has 0 bridgehead atoms. The summed E-state index contributed by atoms with van der Waals surface area (Å²) in [4.78, 5) is 0. The summed E-state index contributed by atoms with van der Waals surface area (Å²) in [5, 5.41) is 3.42. The first-order chi connectivity index (χ1) is 10.9. The van der Waals surface area contributed by atoms with E-state index < -0.39 is 10.0 Å². The Hall–Kier alpha value is -0.430. The van der Waals surface area contributed by atoms with Crippen molar-refractivity contribution in [3.05, 3.63) is 12.7 Å². The zero-order valence-corrected chi connectivity index (χ0v) is 15.4. The maximum Gasteiger partial charge on any atom is 0.217 e. The molecule has 0 saturated carbocycles. The number of piperidine rings is 1. The van der Waals surface area contributed by atoms with Crippen molar-refractivity contribution in [2.45, 2.75) is 63.3 Å². The maximum atomic E-state index is 12.7. The van der Waals surface area contributed by atoms with Crippen LogP contribution in [0.25, 0.3) is 0 Å². The van der Waals surface area contributed by atoms with E-state index >= 15 is 0 Å². The fraction of sp³-hybridized carbons (Fsp3) is 0.882. The van der Waals surface area contributed by atoms with Gasteiger partial charge in [0.2, 0.25) is 10.0 Å². The molecule has 2 atom stereocenters. The lowest BCUT2D eigenvalue weighted by molar-refractivity contribution is 0.0968. The van der Waals surface area contributed by atoms with Crippen molar-refractivity contribution in [3.8, 4) is 0 Å². The Labute approximate surface area is 141 Å². The van der Waals surface area contributed by atoms with Crippen LogP contribution in [0.15, 0.2) is 12.7 Å². The third-order valence-electron chi connectivity index (χ3n) is 5.29. The highest BCUT2D eigenvalue weighted by Gasteiger charge is 2.35. The molecule has 1 N–H and O–H groups in total. The Morgan fingerprint density at radius 3 is 2.39 bits per heavy atom. The van der Waals surface area contributed by atoms with E-state index in [1.165, 1.54) is 0 Å². The second-order valence-electron chi connectivity index (χ2n) is 6.99. The Kier molecular flexibility index (Phi) is 7.07. The monoisotopic (exact) mass is 344 g/mol. The first-order valence-corrected chi connectivity index (χ1v) is 10.4. The smallest absolute Gasteiger partial charge is 0.217 e. The van der Waals surface area contributed by atoms with Crippen molar-refractivity contribution in [1.29, 1.82) is 0 Å². The van der Waals surface area contributed by atoms with E-state index in [1.54, 1.807) is 4.31 Å². The molecule has 2 saturated heterocycles. The molecule has 5 nitrogen and oxygen atoms in total. The van der Waals surface area contributed by atoms with E-state index in [2.05, 4.69) is 25.7 Å². The summed E-state index contributed by atoms with van der Waals surface area (Å²) in [7, 11) is -3.15. The standard InChI is InChI=1S/C17H32N2O3S/c1-4-5-14(2)15(3)18-16-6-10-19(11-7-16)23(20,21)17-8-12-22-13-9-17/h4,14-18H,1,5-13H2,2-3H3/t14-,15+/m1/s1. The van der Waals surface area contributed by atoms with Gasteiger partial charge in [0.05, 0.1) is 5.25 Å². The van der Waals surface area contributed by atoms with Gasteiger partial charge in [-0.1, -0.05) is 13.0 Å². The van der Waals surface area contributed by atoms with Gasteiger partial charge in [-0.3, -0.25) is 0 Å². The second-order valence-corrected chi connectivity index (χ2v) is 9.20. The third kappa shape index (κ3) is 5.02. The molecular weight excluding hydrogens is 312 g/mol. The van der Waals surface area contributed by atoms with Crippen LogP contribution in [0.2, 0.25) is 0 Å². The molecular formula is C17H32N2O3S. The van der Waals surface area contributed by atoms with Gasteiger partial charge in [0.25, 0.3) is 0 Å². The largest absolute Gasteiger partial charge is 0.381 e. The first-order valence-electron chi connectivity index (χ1n) is 8.88. The zero-order chi connectivity index (χ0) is 16.9. The maximum absolute atomic E-state index is 12.7. The minimum Gasteiger partial charge on any atom is -0.381 e. The van der Waals surface area contributed by atoms with Crippen LogP contribution in [0.1, 0.15) is 46.0 Å². The zero-order valence-electron chi connectivity index (χ0n) is 14.5. The van der Waals surface area contributed by atoms with Gasteiger partial charge < -0.3 is 10.1 Å². The number of nitrogens with one attached hydrogen (secondary N) is 1. The van der Waals surface area contributed by atoms with Gasteiger partial charge in [0.1, 0.15) is 0 Å². The van der Waals surface area contributed by atoms with Crippen molar-refractivity contribution >= 4 is 10.0 Å². The average Bonchev–Trinajstić information content (AvgIpc) is 2.56. The molecule has 2 aliphatic heterocycles. The average molecular weight is 345 g/mol. The first kappa shape index (κ1) is 18.9. The molecule has 0 spiro atoms. The molecule has 0 aromatic rings. The summed E-state index contributed by atoms with van der Waals surface area (Å²) < 4.78 is 32.4. The summed E-state index contributed by atoms with van der Waals surface area (Å²) in [6.45, 7) is 10.7. The van der Waals surface area contributed by atoms with Crippen molar-refractivity contribution in [3.63, 3.8) is 0 Å². The molecule has 0 aromatic heterocycles. The van der Waals surface area contributed by atoms with Crippen LogP contribution in [-0.4, -0.2) is 56.4 Å². The van der Waals surface area contributed by atoms with Crippen molar-refractivity contribution < 1.29 is 13.2 Å². The molecule has 134 valence electrons. The van der Waals surface area contributed by atoms with Crippen LogP contribution in [0.3, 0.4) is 0 Å². The molecule has 2 rings (SSSR count). The lowest BCUT2D eigenvalue weighted by Gasteiger charge is -2.36. The van der Waals surface area contributed by atoms with E-state index in [-0.39, 0.29) is 5.25 Å². The Morgan fingerprint density at radius 1 is 1.22 bits per heavy atom. The molecule has 0 amide bonds. The number of rotatable bonds is 7. The lowest BCUT2D eigenvalue weighted by Crippen LogP contribution is -2.50. The summed E-state index contributed by atoms with van der Waals surface area (Å²) in [5.74, 6) is 0.552. The fourth-order valence-electron chi connectivity index (χ4n) is 3.46. The minimum absolute atomic E-state index is 0.243. The number of sulfonamides is 1. The van der Waals surface area contributed by atoms with Crippen molar-refractivity contribution in [1.82, 2.24) is 9.62 Å². The molecule has 2 aliphatic rings. The number of allylic oxidation sites excluding steroid dienone is 1. The number of hydrogen-bond donors (Lipinski definition) is 1. The van der Waals surface area contributed by atoms with Gasteiger partial charge >= 0.3 is 0 Å². The van der Waals surface area contributed by atoms with Gasteiger partial charge in [-0.15, -0.1) is 6.58 Å². The molecule has 0 aliphatic carbocycles. The van der Waals surface area contributed by atoms with E-state index in [1.807, 2.05) is 6.08 Å². The van der Waals surface area contributed by atoms with Gasteiger partial charge in [-0.05, 0) is 44.9 Å². The molecule has 2 heterocycles. The highest BCUT2D eigenvalue weighted by molar-refractivity contribution is 7.89. The van der Waals surface area contributed by atoms with Crippen LogP contribution < -0.4 is 5.32 Å². The van der Waals surface area contributed by atoms with Gasteiger partial charge in [0.15, 0.2) is 0 Å². The van der Waals surface area contributed by atoms with Gasteiger partial charge in [0, 0.05) is 38.4 Å². The molecule has 2 fully saturated rings. The van der Waals surface area contributed by atoms with Crippen LogP contribution >= 0.6 is 0 Å². The Bertz CT molecular complexity index is 466. The number of nitrogens with zero attached hydrogens (tertiary/aromatic N) is 1. The topological polar surface area (TPSA) is 58.6 Å². The van der Waals surface area contributed by atoms with Crippen LogP contribution in [0, 0.1) is 5.92 Å². The quantitative estimate of drug-likeness (QED) is 0.719. The minimum atomic E-state index is -3.15. The molecule has 0 radical (unpaired) electrons. The van der Waals surface area contributed by atoms with Crippen LogP contribution in [0.5, 0.6) is 0 Å². The van der Waals surface area contributed by atoms with E-state index in [9.17, 15) is 8.42 Å². The van der Waals surface area contributed by atoms with Crippen molar-refractivity contribution in [2.75, 3.05) is 26.3 Å². The van der Waals surface area contributed by atoms with E-state index in [0.29, 0.717) is 57.1 Å². The number of ether oxygens (including phenoxy) is 1. The molecule has 0 aromatic carbocycles. The fourth-order valence-corrected chi connectivity index (χ4v) is 5.39. The summed E-state index contributed by atoms with van der Waals surface area (Å²) in [5.41, 5.74) is 0. The van der Waals surface area contributed by atoms with Gasteiger partial charge in [-0.25, -0.2) is 12.7 Å². The van der Waals surface area contributed by atoms with E-state index in [0.717, 1.165) is 19.3 Å². The lowest BCUT2D eigenvalue weighted by atomic mass is 9.97. The van der Waals surface area contributed by atoms with E-state index in [4.69, 9.17) is 4.74 Å². The molecule has 6 heteroatoms. The predicted octanol–water partition coefficient (Wildman–Crippen LogP) is 2.15. The highest BCUT2D eigenvalue weighted by Crippen LogP contribution is 2.23. The second kappa shape index (κ2) is 8.60. The normalized spacial score (nSPS) is 25.1. The summed E-state index contributed by atoms with van der Waals surface area (Å²) in [6, 6.07) is 0.843. The molecule has 0 unspecified atom stereocenters. The number of hydrogen-bond acceptors (Lipinski definition) is 4. The molecule has 23 heavy (non-hydrogen) atoms. The SMILES string of the molecule is C=CC[C@@H](C)[C@H](C)NC1CCN(S(=O)(=O)C2CCOCC2)CC1. The third-order valence-corrected chi connectivity index (χ3v) is 7.69. The Morgan fingerprint density at radius 2 is 1.83 bits per heavy atom. The van der Waals surface area contributed by atoms with Crippen LogP contribution in [0.4, 0.5) is 0 Å². The Balaban J connectivity index is 1.82. The highest BCUT2D eigenvalue weighted by atomic mass is 32.2. The van der Waals surface area contributed by atoms with Gasteiger partial charge in [-0.2, -0.15) is 0 Å². The predicted molar refractivity (Wildman–Crippen MR) is 93.9 cm³/mol. The van der Waals surface area contributed by atoms with Crippen LogP contribution in [-0.2, 0) is 14.8 Å². The summed E-state index contributed by atoms with van der Waals surface area (Å²) in [6.07, 6.45) is 6.03. The summed E-state index contributed by atoms with van der Waals surface area (Å²) >= 11 is 0.